The van der Waals surface area contributed by atoms with Crippen LogP contribution < -0.4 is 5.32 Å². The molecule has 4 nitrogen and oxygen atoms in total. The van der Waals surface area contributed by atoms with Crippen LogP contribution >= 0.6 is 0 Å². The molecule has 0 aromatic carbocycles. The molecule has 4 heteroatoms. The van der Waals surface area contributed by atoms with E-state index in [-0.39, 0.29) is 12.1 Å². The molecule has 1 aromatic rings. The zero-order valence-corrected chi connectivity index (χ0v) is 8.90. The lowest BCUT2D eigenvalue weighted by atomic mass is 10.0. The van der Waals surface area contributed by atoms with Crippen LogP contribution in [0, 0.1) is 0 Å². The molecule has 14 heavy (non-hydrogen) atoms. The molecular formula is C10H19N3O. The van der Waals surface area contributed by atoms with Gasteiger partial charge in [0.15, 0.2) is 0 Å². The summed E-state index contributed by atoms with van der Waals surface area (Å²) in [5.74, 6) is 0. The lowest BCUT2D eigenvalue weighted by Crippen LogP contribution is -2.41. The molecule has 0 aliphatic heterocycles. The standard InChI is InChI=1S/C10H19N3O/c1-10(2,4-9-14)11-6-8-13-7-3-5-12-13/h3,5,7,11,14H,4,6,8-9H2,1-2H3. The van der Waals surface area contributed by atoms with E-state index in [2.05, 4.69) is 24.3 Å². The highest BCUT2D eigenvalue weighted by atomic mass is 16.3. The second-order valence-corrected chi connectivity index (χ2v) is 4.05. The second kappa shape index (κ2) is 5.12. The minimum atomic E-state index is 0.00189. The molecule has 0 bridgehead atoms. The largest absolute Gasteiger partial charge is 0.396 e. The van der Waals surface area contributed by atoms with Crippen molar-refractivity contribution in [1.29, 1.82) is 0 Å². The average Bonchev–Trinajstić information content (AvgIpc) is 2.56. The summed E-state index contributed by atoms with van der Waals surface area (Å²) in [5.41, 5.74) is 0.00189. The topological polar surface area (TPSA) is 50.1 Å². The SMILES string of the molecule is CC(C)(CCO)NCCn1cccn1. The van der Waals surface area contributed by atoms with Crippen LogP contribution in [0.3, 0.4) is 0 Å². The number of hydrogen-bond acceptors (Lipinski definition) is 3. The minimum Gasteiger partial charge on any atom is -0.396 e. The van der Waals surface area contributed by atoms with E-state index in [0.29, 0.717) is 0 Å². The van der Waals surface area contributed by atoms with Gasteiger partial charge in [0.1, 0.15) is 0 Å². The van der Waals surface area contributed by atoms with Crippen LogP contribution in [0.4, 0.5) is 0 Å². The highest BCUT2D eigenvalue weighted by molar-refractivity contribution is 4.79. The number of aliphatic hydroxyl groups excluding tert-OH is 1. The van der Waals surface area contributed by atoms with Crippen molar-refractivity contribution in [3.63, 3.8) is 0 Å². The quantitative estimate of drug-likeness (QED) is 0.703. The summed E-state index contributed by atoms with van der Waals surface area (Å²) >= 11 is 0. The number of nitrogens with one attached hydrogen (secondary N) is 1. The first-order chi connectivity index (χ1) is 6.64. The Hall–Kier alpha value is -0.870. The molecule has 2 N–H and O–H groups in total. The van der Waals surface area contributed by atoms with Crippen LogP contribution in [-0.2, 0) is 6.54 Å². The van der Waals surface area contributed by atoms with Gasteiger partial charge in [-0.15, -0.1) is 0 Å². The summed E-state index contributed by atoms with van der Waals surface area (Å²) in [6.07, 6.45) is 4.49. The van der Waals surface area contributed by atoms with E-state index >= 15 is 0 Å². The molecule has 0 unspecified atom stereocenters. The van der Waals surface area contributed by atoms with Crippen molar-refractivity contribution in [2.45, 2.75) is 32.4 Å². The van der Waals surface area contributed by atoms with Gasteiger partial charge in [-0.1, -0.05) is 0 Å². The molecule has 1 rings (SSSR count). The Morgan fingerprint density at radius 2 is 2.29 bits per heavy atom. The van der Waals surface area contributed by atoms with Crippen molar-refractivity contribution >= 4 is 0 Å². The van der Waals surface area contributed by atoms with Crippen molar-refractivity contribution in [2.24, 2.45) is 0 Å². The van der Waals surface area contributed by atoms with E-state index in [1.54, 1.807) is 6.20 Å². The Morgan fingerprint density at radius 1 is 1.50 bits per heavy atom. The van der Waals surface area contributed by atoms with Crippen LogP contribution in [0.25, 0.3) is 0 Å². The Balaban J connectivity index is 2.20. The third kappa shape index (κ3) is 3.89. The molecule has 0 aliphatic rings. The van der Waals surface area contributed by atoms with Crippen LogP contribution in [-0.4, -0.2) is 33.6 Å². The van der Waals surface area contributed by atoms with Crippen molar-refractivity contribution in [2.75, 3.05) is 13.2 Å². The predicted octanol–water partition coefficient (Wildman–Crippen LogP) is 0.634. The van der Waals surface area contributed by atoms with Crippen LogP contribution in [0.1, 0.15) is 20.3 Å². The fourth-order valence-corrected chi connectivity index (χ4v) is 1.31. The third-order valence-electron chi connectivity index (χ3n) is 2.24. The van der Waals surface area contributed by atoms with Gasteiger partial charge in [0.05, 0.1) is 6.54 Å². The first kappa shape index (κ1) is 11.2. The van der Waals surface area contributed by atoms with Gasteiger partial charge in [-0.05, 0) is 26.3 Å². The van der Waals surface area contributed by atoms with Gasteiger partial charge < -0.3 is 10.4 Å². The van der Waals surface area contributed by atoms with E-state index in [4.69, 9.17) is 5.11 Å². The van der Waals surface area contributed by atoms with Gasteiger partial charge in [-0.2, -0.15) is 5.10 Å². The highest BCUT2D eigenvalue weighted by Gasteiger charge is 2.14. The maximum Gasteiger partial charge on any atom is 0.0534 e. The van der Waals surface area contributed by atoms with Crippen LogP contribution in [0.5, 0.6) is 0 Å². The lowest BCUT2D eigenvalue weighted by Gasteiger charge is -2.25. The molecule has 0 amide bonds. The molecule has 0 saturated heterocycles. The molecule has 0 aliphatic carbocycles. The van der Waals surface area contributed by atoms with Crippen LogP contribution in [0.2, 0.25) is 0 Å². The number of aromatic nitrogens is 2. The Bertz CT molecular complexity index is 244. The lowest BCUT2D eigenvalue weighted by molar-refractivity contribution is 0.229. The summed E-state index contributed by atoms with van der Waals surface area (Å²) in [6.45, 7) is 6.14. The predicted molar refractivity (Wildman–Crippen MR) is 56.0 cm³/mol. The zero-order valence-electron chi connectivity index (χ0n) is 8.90. The average molecular weight is 197 g/mol. The fraction of sp³-hybridized carbons (Fsp3) is 0.700. The molecule has 80 valence electrons. The zero-order chi connectivity index (χ0) is 10.4. The van der Waals surface area contributed by atoms with Gasteiger partial charge in [-0.25, -0.2) is 0 Å². The van der Waals surface area contributed by atoms with E-state index < -0.39 is 0 Å². The van der Waals surface area contributed by atoms with Gasteiger partial charge in [0.25, 0.3) is 0 Å². The number of rotatable bonds is 6. The molecule has 0 radical (unpaired) electrons. The maximum atomic E-state index is 8.83. The van der Waals surface area contributed by atoms with Crippen LogP contribution in [0.15, 0.2) is 18.5 Å². The number of nitrogens with zero attached hydrogens (tertiary/aromatic N) is 2. The van der Waals surface area contributed by atoms with Crippen molar-refractivity contribution in [3.8, 4) is 0 Å². The smallest absolute Gasteiger partial charge is 0.0534 e. The Morgan fingerprint density at radius 3 is 2.86 bits per heavy atom. The van der Waals surface area contributed by atoms with Crippen molar-refractivity contribution in [1.82, 2.24) is 15.1 Å². The van der Waals surface area contributed by atoms with Crippen molar-refractivity contribution < 1.29 is 5.11 Å². The third-order valence-corrected chi connectivity index (χ3v) is 2.24. The first-order valence-corrected chi connectivity index (χ1v) is 4.97. The summed E-state index contributed by atoms with van der Waals surface area (Å²) in [6, 6.07) is 1.92. The molecule has 0 fully saturated rings. The summed E-state index contributed by atoms with van der Waals surface area (Å²) < 4.78 is 1.89. The summed E-state index contributed by atoms with van der Waals surface area (Å²) in [5, 5.41) is 16.3. The van der Waals surface area contributed by atoms with E-state index in [9.17, 15) is 0 Å². The van der Waals surface area contributed by atoms with Gasteiger partial charge >= 0.3 is 0 Å². The second-order valence-electron chi connectivity index (χ2n) is 4.05. The van der Waals surface area contributed by atoms with Crippen molar-refractivity contribution in [3.05, 3.63) is 18.5 Å². The summed E-state index contributed by atoms with van der Waals surface area (Å²) in [7, 11) is 0. The number of aliphatic hydroxyl groups is 1. The van der Waals surface area contributed by atoms with E-state index in [1.165, 1.54) is 0 Å². The van der Waals surface area contributed by atoms with Gasteiger partial charge in [0.2, 0.25) is 0 Å². The first-order valence-electron chi connectivity index (χ1n) is 4.97. The Kier molecular flexibility index (Phi) is 4.10. The summed E-state index contributed by atoms with van der Waals surface area (Å²) in [4.78, 5) is 0. The van der Waals surface area contributed by atoms with E-state index in [1.807, 2.05) is 16.9 Å². The monoisotopic (exact) mass is 197 g/mol. The molecule has 1 aromatic heterocycles. The number of hydrogen-bond donors (Lipinski definition) is 2. The Labute approximate surface area is 84.9 Å². The van der Waals surface area contributed by atoms with E-state index in [0.717, 1.165) is 19.5 Å². The molecule has 0 atom stereocenters. The molecule has 0 spiro atoms. The van der Waals surface area contributed by atoms with Gasteiger partial charge in [-0.3, -0.25) is 4.68 Å². The highest BCUT2D eigenvalue weighted by Crippen LogP contribution is 2.06. The minimum absolute atomic E-state index is 0.00189. The molecular weight excluding hydrogens is 178 g/mol. The fourth-order valence-electron chi connectivity index (χ4n) is 1.31. The molecule has 0 saturated carbocycles. The maximum absolute atomic E-state index is 8.83. The van der Waals surface area contributed by atoms with Gasteiger partial charge in [0, 0.05) is 31.1 Å². The normalized spacial score (nSPS) is 11.9. The molecule has 1 heterocycles.